The van der Waals surface area contributed by atoms with Crippen molar-refractivity contribution < 1.29 is 0 Å². The lowest BCUT2D eigenvalue weighted by molar-refractivity contribution is 0.660. The Balaban J connectivity index is 0.960. The zero-order chi connectivity index (χ0) is 36.7. The molecule has 260 valence electrons. The maximum Gasteiger partial charge on any atom is 0.0547 e. The van der Waals surface area contributed by atoms with Crippen LogP contribution in [0.15, 0.2) is 182 Å². The molecule has 1 aromatic heterocycles. The summed E-state index contributed by atoms with van der Waals surface area (Å²) in [6.07, 6.45) is 4.53. The monoisotopic (exact) mass is 702 g/mol. The standard InChI is InChI=1S/C53H38N2/c1-53(2)47-18-10-9-17-45(47)46-30-28-43(34-48(46)53)54(40-13-5-3-6-14-40)42-27-24-38-32-35(21-23-39(38)33-42)20-22-36-26-31-50-52-44(36)29-25-37-12-11-19-49(51(37)52)55(50)41-15-7-4-8-16-41/h3-34H,1-2H3/b22-20+. The van der Waals surface area contributed by atoms with Gasteiger partial charge in [0, 0.05) is 38.9 Å². The molecule has 1 heterocycles. The second kappa shape index (κ2) is 12.1. The van der Waals surface area contributed by atoms with E-state index in [-0.39, 0.29) is 5.41 Å². The first-order valence-corrected chi connectivity index (χ1v) is 19.2. The number of para-hydroxylation sites is 2. The van der Waals surface area contributed by atoms with Crippen molar-refractivity contribution in [3.05, 3.63) is 204 Å². The summed E-state index contributed by atoms with van der Waals surface area (Å²) in [5.74, 6) is 0. The molecule has 1 aliphatic rings. The highest BCUT2D eigenvalue weighted by Crippen LogP contribution is 2.50. The molecule has 10 aromatic rings. The van der Waals surface area contributed by atoms with Crippen LogP contribution in [0.1, 0.15) is 36.1 Å². The molecule has 0 atom stereocenters. The summed E-state index contributed by atoms with van der Waals surface area (Å²) in [6.45, 7) is 4.70. The fourth-order valence-electron chi connectivity index (χ4n) is 9.25. The number of rotatable bonds is 6. The Morgan fingerprint density at radius 3 is 2.02 bits per heavy atom. The molecule has 0 amide bonds. The van der Waals surface area contributed by atoms with E-state index in [4.69, 9.17) is 0 Å². The van der Waals surface area contributed by atoms with Gasteiger partial charge in [0.15, 0.2) is 0 Å². The van der Waals surface area contributed by atoms with E-state index in [9.17, 15) is 0 Å². The Kier molecular flexibility index (Phi) is 6.93. The first-order chi connectivity index (χ1) is 27.0. The van der Waals surface area contributed by atoms with E-state index < -0.39 is 0 Å². The lowest BCUT2D eigenvalue weighted by atomic mass is 9.82. The van der Waals surface area contributed by atoms with Gasteiger partial charge in [-0.05, 0) is 122 Å². The molecule has 1 aliphatic carbocycles. The van der Waals surface area contributed by atoms with Gasteiger partial charge in [0.1, 0.15) is 0 Å². The lowest BCUT2D eigenvalue weighted by Crippen LogP contribution is -2.16. The van der Waals surface area contributed by atoms with E-state index in [1.165, 1.54) is 88.1 Å². The van der Waals surface area contributed by atoms with Gasteiger partial charge in [-0.2, -0.15) is 0 Å². The molecule has 0 unspecified atom stereocenters. The zero-order valence-electron chi connectivity index (χ0n) is 30.9. The third-order valence-electron chi connectivity index (χ3n) is 11.9. The van der Waals surface area contributed by atoms with Gasteiger partial charge in [0.25, 0.3) is 0 Å². The van der Waals surface area contributed by atoms with Crippen LogP contribution in [0.2, 0.25) is 0 Å². The van der Waals surface area contributed by atoms with E-state index in [0.29, 0.717) is 0 Å². The molecular weight excluding hydrogens is 665 g/mol. The average Bonchev–Trinajstić information content (AvgIpc) is 3.69. The van der Waals surface area contributed by atoms with Crippen LogP contribution in [0.4, 0.5) is 17.1 Å². The number of aromatic nitrogens is 1. The molecule has 0 saturated carbocycles. The summed E-state index contributed by atoms with van der Waals surface area (Å²) in [7, 11) is 0. The zero-order valence-corrected chi connectivity index (χ0v) is 30.9. The fraction of sp³-hybridized carbons (Fsp3) is 0.0566. The predicted molar refractivity (Wildman–Crippen MR) is 235 cm³/mol. The lowest BCUT2D eigenvalue weighted by Gasteiger charge is -2.28. The number of hydrogen-bond donors (Lipinski definition) is 0. The Morgan fingerprint density at radius 2 is 1.15 bits per heavy atom. The van der Waals surface area contributed by atoms with E-state index in [1.54, 1.807) is 0 Å². The quantitative estimate of drug-likeness (QED) is 0.124. The average molecular weight is 703 g/mol. The van der Waals surface area contributed by atoms with Gasteiger partial charge < -0.3 is 9.47 Å². The van der Waals surface area contributed by atoms with Crippen molar-refractivity contribution in [3.8, 4) is 16.8 Å². The van der Waals surface area contributed by atoms with E-state index in [1.807, 2.05) is 0 Å². The molecule has 0 aliphatic heterocycles. The van der Waals surface area contributed by atoms with Crippen LogP contribution in [-0.2, 0) is 5.41 Å². The number of hydrogen-bond acceptors (Lipinski definition) is 1. The van der Waals surface area contributed by atoms with E-state index in [2.05, 4.69) is 217 Å². The van der Waals surface area contributed by atoms with Crippen molar-refractivity contribution in [3.63, 3.8) is 0 Å². The van der Waals surface area contributed by atoms with Gasteiger partial charge in [-0.25, -0.2) is 0 Å². The third kappa shape index (κ3) is 4.88. The second-order valence-corrected chi connectivity index (χ2v) is 15.4. The highest BCUT2D eigenvalue weighted by Gasteiger charge is 2.35. The first kappa shape index (κ1) is 31.6. The van der Waals surface area contributed by atoms with Crippen LogP contribution in [0.3, 0.4) is 0 Å². The number of fused-ring (bicyclic) bond motifs is 4. The van der Waals surface area contributed by atoms with Crippen LogP contribution in [-0.4, -0.2) is 4.57 Å². The van der Waals surface area contributed by atoms with Crippen molar-refractivity contribution in [2.24, 2.45) is 0 Å². The van der Waals surface area contributed by atoms with Crippen molar-refractivity contribution in [1.29, 1.82) is 0 Å². The number of nitrogens with zero attached hydrogens (tertiary/aromatic N) is 2. The maximum absolute atomic E-state index is 2.40. The molecule has 11 rings (SSSR count). The van der Waals surface area contributed by atoms with E-state index in [0.717, 1.165) is 11.4 Å². The van der Waals surface area contributed by atoms with Gasteiger partial charge >= 0.3 is 0 Å². The van der Waals surface area contributed by atoms with Crippen molar-refractivity contribution in [1.82, 2.24) is 4.57 Å². The Labute approximate surface area is 321 Å². The highest BCUT2D eigenvalue weighted by atomic mass is 15.1. The van der Waals surface area contributed by atoms with Crippen molar-refractivity contribution in [2.75, 3.05) is 4.90 Å². The highest BCUT2D eigenvalue weighted by molar-refractivity contribution is 6.25. The molecule has 55 heavy (non-hydrogen) atoms. The molecule has 0 bridgehead atoms. The van der Waals surface area contributed by atoms with Crippen molar-refractivity contribution >= 4 is 72.6 Å². The molecule has 0 saturated heterocycles. The summed E-state index contributed by atoms with van der Waals surface area (Å²) in [5, 5.41) is 7.63. The molecular formula is C53H38N2. The minimum absolute atomic E-state index is 0.0681. The largest absolute Gasteiger partial charge is 0.310 e. The second-order valence-electron chi connectivity index (χ2n) is 15.4. The van der Waals surface area contributed by atoms with Crippen LogP contribution in [0.5, 0.6) is 0 Å². The first-order valence-electron chi connectivity index (χ1n) is 19.2. The smallest absolute Gasteiger partial charge is 0.0547 e. The van der Waals surface area contributed by atoms with Crippen LogP contribution in [0, 0.1) is 0 Å². The summed E-state index contributed by atoms with van der Waals surface area (Å²) >= 11 is 0. The molecule has 0 spiro atoms. The summed E-state index contributed by atoms with van der Waals surface area (Å²) in [4.78, 5) is 2.39. The fourth-order valence-corrected chi connectivity index (χ4v) is 9.25. The minimum atomic E-state index is -0.0681. The van der Waals surface area contributed by atoms with Crippen LogP contribution >= 0.6 is 0 Å². The Morgan fingerprint density at radius 1 is 0.455 bits per heavy atom. The van der Waals surface area contributed by atoms with Gasteiger partial charge in [-0.1, -0.05) is 141 Å². The molecule has 0 radical (unpaired) electrons. The topological polar surface area (TPSA) is 8.17 Å². The summed E-state index contributed by atoms with van der Waals surface area (Å²) in [5.41, 5.74) is 14.9. The van der Waals surface area contributed by atoms with E-state index >= 15 is 0 Å². The molecule has 2 nitrogen and oxygen atoms in total. The number of anilines is 3. The third-order valence-corrected chi connectivity index (χ3v) is 11.9. The maximum atomic E-state index is 2.40. The van der Waals surface area contributed by atoms with Crippen molar-refractivity contribution in [2.45, 2.75) is 19.3 Å². The van der Waals surface area contributed by atoms with Gasteiger partial charge in [-0.3, -0.25) is 0 Å². The van der Waals surface area contributed by atoms with Crippen LogP contribution < -0.4 is 4.90 Å². The molecule has 2 heteroatoms. The predicted octanol–water partition coefficient (Wildman–Crippen LogP) is 14.5. The number of benzene rings is 9. The molecule has 0 N–H and O–H groups in total. The summed E-state index contributed by atoms with van der Waals surface area (Å²) < 4.78 is 2.40. The molecule has 9 aromatic carbocycles. The van der Waals surface area contributed by atoms with Crippen LogP contribution in [0.25, 0.3) is 72.3 Å². The van der Waals surface area contributed by atoms with Gasteiger partial charge in [0.05, 0.1) is 11.0 Å². The SMILES string of the molecule is CC1(C)c2ccccc2-c2ccc(N(c3ccccc3)c3ccc4cc(/C=C/c5ccc6c7c5ccc5cccc(c57)n6-c5ccccc5)ccc4c3)cc21. The molecule has 0 fully saturated rings. The summed E-state index contributed by atoms with van der Waals surface area (Å²) in [6, 6.07) is 66.7. The van der Waals surface area contributed by atoms with Gasteiger partial charge in [-0.15, -0.1) is 0 Å². The minimum Gasteiger partial charge on any atom is -0.310 e. The Bertz CT molecular complexity index is 3110. The van der Waals surface area contributed by atoms with Gasteiger partial charge in [0.2, 0.25) is 0 Å². The normalized spacial score (nSPS) is 13.3. The Hall–Kier alpha value is -6.90.